The molecule has 2 fully saturated rings. The Bertz CT molecular complexity index is 639. The van der Waals surface area contributed by atoms with Crippen molar-refractivity contribution in [2.45, 2.75) is 19.3 Å². The molecule has 150 valence electrons. The maximum Gasteiger partial charge on any atom is 0.319 e. The quantitative estimate of drug-likeness (QED) is 0.750. The van der Waals surface area contributed by atoms with Crippen LogP contribution in [0.25, 0.3) is 0 Å². The van der Waals surface area contributed by atoms with Crippen LogP contribution in [0.15, 0.2) is 18.2 Å². The van der Waals surface area contributed by atoms with E-state index in [4.69, 9.17) is 23.2 Å². The van der Waals surface area contributed by atoms with Crippen molar-refractivity contribution in [1.29, 1.82) is 0 Å². The lowest BCUT2D eigenvalue weighted by Gasteiger charge is -2.38. The maximum absolute atomic E-state index is 12.0. The third-order valence-corrected chi connectivity index (χ3v) is 6.57. The van der Waals surface area contributed by atoms with Crippen LogP contribution in [0.2, 0.25) is 10.0 Å². The molecule has 0 saturated carbocycles. The third kappa shape index (κ3) is 5.21. The molecular weight excluding hydrogens is 383 g/mol. The van der Waals surface area contributed by atoms with Gasteiger partial charge in [0.15, 0.2) is 0 Å². The third-order valence-electron chi connectivity index (χ3n) is 5.77. The van der Waals surface area contributed by atoms with Gasteiger partial charge in [0.1, 0.15) is 0 Å². The molecule has 2 amide bonds. The predicted molar refractivity (Wildman–Crippen MR) is 113 cm³/mol. The van der Waals surface area contributed by atoms with Gasteiger partial charge in [-0.2, -0.15) is 0 Å². The lowest BCUT2D eigenvalue weighted by molar-refractivity contribution is 0.140. The summed E-state index contributed by atoms with van der Waals surface area (Å²) in [5.41, 5.74) is 1.04. The molecule has 0 spiro atoms. The fraction of sp³-hybridized carbons (Fsp3) is 0.650. The zero-order valence-corrected chi connectivity index (χ0v) is 17.8. The van der Waals surface area contributed by atoms with Gasteiger partial charge >= 0.3 is 6.03 Å². The van der Waals surface area contributed by atoms with Crippen LogP contribution in [-0.2, 0) is 0 Å². The Kier molecular flexibility index (Phi) is 7.12. The molecule has 1 aromatic carbocycles. The standard InChI is InChI=1S/C20H30Cl2N4O/c1-23(2)20(27)26-10-7-16(8-11-26)6-9-24-12-14-25(15-13-24)18-5-3-4-17(21)19(18)22/h3-5,16H,6-15H2,1-2H3. The molecule has 7 heteroatoms. The van der Waals surface area contributed by atoms with Crippen LogP contribution < -0.4 is 4.90 Å². The van der Waals surface area contributed by atoms with Crippen molar-refractivity contribution in [3.8, 4) is 0 Å². The number of benzene rings is 1. The van der Waals surface area contributed by atoms with E-state index in [9.17, 15) is 4.79 Å². The van der Waals surface area contributed by atoms with Gasteiger partial charge < -0.3 is 14.7 Å². The summed E-state index contributed by atoms with van der Waals surface area (Å²) in [4.78, 5) is 20.5. The number of amides is 2. The number of piperidine rings is 1. The van der Waals surface area contributed by atoms with Crippen LogP contribution >= 0.6 is 23.2 Å². The predicted octanol–water partition coefficient (Wildman–Crippen LogP) is 3.90. The van der Waals surface area contributed by atoms with Crippen molar-refractivity contribution in [3.63, 3.8) is 0 Å². The number of likely N-dealkylation sites (tertiary alicyclic amines) is 1. The molecule has 0 bridgehead atoms. The first-order valence-corrected chi connectivity index (χ1v) is 10.6. The Labute approximate surface area is 172 Å². The highest BCUT2D eigenvalue weighted by Gasteiger charge is 2.25. The van der Waals surface area contributed by atoms with Gasteiger partial charge in [0.05, 0.1) is 15.7 Å². The highest BCUT2D eigenvalue weighted by Crippen LogP contribution is 2.33. The largest absolute Gasteiger partial charge is 0.368 e. The van der Waals surface area contributed by atoms with Gasteiger partial charge in [-0.3, -0.25) is 4.90 Å². The van der Waals surface area contributed by atoms with Crippen molar-refractivity contribution >= 4 is 34.9 Å². The summed E-state index contributed by atoms with van der Waals surface area (Å²) in [5, 5.41) is 1.28. The molecule has 0 N–H and O–H groups in total. The molecule has 2 heterocycles. The first-order valence-electron chi connectivity index (χ1n) is 9.83. The molecule has 0 aromatic heterocycles. The number of anilines is 1. The van der Waals surface area contributed by atoms with Crippen LogP contribution in [0.5, 0.6) is 0 Å². The number of hydrogen-bond acceptors (Lipinski definition) is 3. The van der Waals surface area contributed by atoms with Crippen molar-refractivity contribution in [2.75, 3.05) is 64.8 Å². The summed E-state index contributed by atoms with van der Waals surface area (Å²) < 4.78 is 0. The van der Waals surface area contributed by atoms with E-state index >= 15 is 0 Å². The lowest BCUT2D eigenvalue weighted by Crippen LogP contribution is -2.47. The summed E-state index contributed by atoms with van der Waals surface area (Å²) in [7, 11) is 3.65. The minimum atomic E-state index is 0.143. The molecule has 0 radical (unpaired) electrons. The molecule has 3 rings (SSSR count). The second-order valence-corrected chi connectivity index (χ2v) is 8.58. The van der Waals surface area contributed by atoms with Gasteiger partial charge in [0.25, 0.3) is 0 Å². The average molecular weight is 413 g/mol. The lowest BCUT2D eigenvalue weighted by atomic mass is 9.93. The maximum atomic E-state index is 12.0. The minimum Gasteiger partial charge on any atom is -0.368 e. The molecule has 2 aliphatic rings. The summed E-state index contributed by atoms with van der Waals surface area (Å²) in [6.45, 7) is 7.00. The topological polar surface area (TPSA) is 30.0 Å². The second kappa shape index (κ2) is 9.35. The van der Waals surface area contributed by atoms with E-state index in [-0.39, 0.29) is 6.03 Å². The van der Waals surface area contributed by atoms with Gasteiger partial charge in [0.2, 0.25) is 0 Å². The molecule has 1 aromatic rings. The number of piperazine rings is 1. The molecule has 0 atom stereocenters. The van der Waals surface area contributed by atoms with Crippen LogP contribution in [-0.4, -0.2) is 80.6 Å². The van der Waals surface area contributed by atoms with E-state index in [0.29, 0.717) is 10.0 Å². The van der Waals surface area contributed by atoms with Crippen molar-refractivity contribution in [3.05, 3.63) is 28.2 Å². The SMILES string of the molecule is CN(C)C(=O)N1CCC(CCN2CCN(c3cccc(Cl)c3Cl)CC2)CC1. The van der Waals surface area contributed by atoms with Crippen LogP contribution in [0.3, 0.4) is 0 Å². The highest BCUT2D eigenvalue weighted by molar-refractivity contribution is 6.43. The van der Waals surface area contributed by atoms with E-state index in [2.05, 4.69) is 9.80 Å². The zero-order valence-electron chi connectivity index (χ0n) is 16.3. The Hall–Kier alpha value is -1.17. The van der Waals surface area contributed by atoms with Crippen LogP contribution in [0, 0.1) is 5.92 Å². The smallest absolute Gasteiger partial charge is 0.319 e. The Morgan fingerprint density at radius 2 is 1.74 bits per heavy atom. The first-order chi connectivity index (χ1) is 13.0. The van der Waals surface area contributed by atoms with E-state index in [1.165, 1.54) is 6.42 Å². The van der Waals surface area contributed by atoms with E-state index in [0.717, 1.165) is 70.3 Å². The average Bonchev–Trinajstić information content (AvgIpc) is 2.69. The second-order valence-electron chi connectivity index (χ2n) is 7.80. The normalized spacial score (nSPS) is 19.4. The van der Waals surface area contributed by atoms with Crippen molar-refractivity contribution < 1.29 is 4.79 Å². The number of halogens is 2. The number of carbonyl (C=O) groups excluding carboxylic acids is 1. The van der Waals surface area contributed by atoms with Gasteiger partial charge in [-0.15, -0.1) is 0 Å². The Morgan fingerprint density at radius 3 is 2.37 bits per heavy atom. The van der Waals surface area contributed by atoms with Crippen LogP contribution in [0.1, 0.15) is 19.3 Å². The summed E-state index contributed by atoms with van der Waals surface area (Å²) in [5.74, 6) is 0.733. The monoisotopic (exact) mass is 412 g/mol. The fourth-order valence-corrected chi connectivity index (χ4v) is 4.43. The minimum absolute atomic E-state index is 0.143. The molecule has 0 unspecified atom stereocenters. The Balaban J connectivity index is 1.39. The number of rotatable bonds is 4. The molecule has 0 aliphatic carbocycles. The van der Waals surface area contributed by atoms with Gasteiger partial charge in [0, 0.05) is 53.4 Å². The van der Waals surface area contributed by atoms with Crippen LogP contribution in [0.4, 0.5) is 10.5 Å². The highest BCUT2D eigenvalue weighted by atomic mass is 35.5. The van der Waals surface area contributed by atoms with Gasteiger partial charge in [-0.25, -0.2) is 4.79 Å². The molecule has 2 aliphatic heterocycles. The molecule has 2 saturated heterocycles. The molecule has 27 heavy (non-hydrogen) atoms. The summed E-state index contributed by atoms with van der Waals surface area (Å²) >= 11 is 12.5. The number of carbonyl (C=O) groups is 1. The summed E-state index contributed by atoms with van der Waals surface area (Å²) in [6.07, 6.45) is 3.47. The number of nitrogens with zero attached hydrogens (tertiary/aromatic N) is 4. The van der Waals surface area contributed by atoms with Gasteiger partial charge in [-0.05, 0) is 43.9 Å². The zero-order chi connectivity index (χ0) is 19.4. The summed E-state index contributed by atoms with van der Waals surface area (Å²) in [6, 6.07) is 5.99. The number of hydrogen-bond donors (Lipinski definition) is 0. The first kappa shape index (κ1) is 20.6. The molecule has 5 nitrogen and oxygen atoms in total. The van der Waals surface area contributed by atoms with E-state index < -0.39 is 0 Å². The number of urea groups is 1. The van der Waals surface area contributed by atoms with Crippen molar-refractivity contribution in [1.82, 2.24) is 14.7 Å². The Morgan fingerprint density at radius 1 is 1.07 bits per heavy atom. The van der Waals surface area contributed by atoms with Gasteiger partial charge in [-0.1, -0.05) is 29.3 Å². The molecular formula is C20H30Cl2N4O. The van der Waals surface area contributed by atoms with Crippen molar-refractivity contribution in [2.24, 2.45) is 5.92 Å². The van der Waals surface area contributed by atoms with E-state index in [1.807, 2.05) is 37.2 Å². The van der Waals surface area contributed by atoms with E-state index in [1.54, 1.807) is 4.90 Å². The fourth-order valence-electron chi connectivity index (χ4n) is 4.01.